The van der Waals surface area contributed by atoms with Crippen molar-refractivity contribution < 1.29 is 46.3 Å². The Morgan fingerprint density at radius 1 is 0.533 bits per heavy atom. The topological polar surface area (TPSA) is 80.9 Å². The van der Waals surface area contributed by atoms with Crippen LogP contribution in [0.25, 0.3) is 0 Å². The van der Waals surface area contributed by atoms with Gasteiger partial charge in [0.05, 0.1) is 0 Å². The Balaban J connectivity index is -0.000000108. The monoisotopic (exact) mass is 528 g/mol. The van der Waals surface area contributed by atoms with Crippen molar-refractivity contribution in [1.82, 2.24) is 0 Å². The molecule has 0 saturated carbocycles. The predicted octanol–water partition coefficient (Wildman–Crippen LogP) is 6.23. The zero-order valence-electron chi connectivity index (χ0n) is 22.0. The van der Waals surface area contributed by atoms with Gasteiger partial charge in [0.25, 0.3) is 0 Å². The van der Waals surface area contributed by atoms with Gasteiger partial charge < -0.3 is 20.1 Å². The summed E-state index contributed by atoms with van der Waals surface area (Å²) in [6, 6.07) is 3.43. The van der Waals surface area contributed by atoms with Crippen LogP contribution in [0.3, 0.4) is 0 Å². The van der Waals surface area contributed by atoms with Gasteiger partial charge in [-0.2, -0.15) is 0 Å². The van der Waals surface area contributed by atoms with E-state index in [4.69, 9.17) is 15.3 Å². The second-order valence-electron chi connectivity index (χ2n) is 9.26. The second-order valence-corrected chi connectivity index (χ2v) is 13.2. The van der Waals surface area contributed by atoms with Crippen molar-refractivity contribution in [2.45, 2.75) is 119 Å². The fourth-order valence-corrected chi connectivity index (χ4v) is 5.68. The second kappa shape index (κ2) is 32.1. The first-order valence-electron chi connectivity index (χ1n) is 12.0. The van der Waals surface area contributed by atoms with Crippen LogP contribution in [-0.2, 0) is 26.2 Å². The van der Waals surface area contributed by atoms with Crippen molar-refractivity contribution in [2.24, 2.45) is 17.8 Å². The van der Waals surface area contributed by atoms with Gasteiger partial charge in [-0.25, -0.2) is 0 Å². The van der Waals surface area contributed by atoms with E-state index in [-0.39, 0.29) is 26.2 Å². The van der Waals surface area contributed by atoms with Gasteiger partial charge in [-0.15, -0.1) is 0 Å². The van der Waals surface area contributed by atoms with E-state index >= 15 is 0 Å². The molecule has 0 amide bonds. The normalized spacial score (nSPS) is 10.4. The van der Waals surface area contributed by atoms with Gasteiger partial charge in [0, 0.05) is 46.0 Å². The van der Waals surface area contributed by atoms with Crippen molar-refractivity contribution in [3.8, 4) is 0 Å². The quantitative estimate of drug-likeness (QED) is 0.226. The molecule has 0 aliphatic heterocycles. The molecule has 0 aromatic carbocycles. The first kappa shape index (κ1) is 41.2. The Morgan fingerprint density at radius 2 is 0.700 bits per heavy atom. The summed E-state index contributed by atoms with van der Waals surface area (Å²) in [5.41, 5.74) is 0. The maximum absolute atomic E-state index is 10.5. The molecule has 6 heteroatoms. The van der Waals surface area contributed by atoms with Crippen molar-refractivity contribution >= 4 is 8.32 Å². The van der Waals surface area contributed by atoms with Gasteiger partial charge >= 0.3 is 0 Å². The average Bonchev–Trinajstić information content (AvgIpc) is 2.70. The van der Waals surface area contributed by atoms with Crippen LogP contribution in [0.2, 0.25) is 18.1 Å². The molecule has 0 aromatic heterocycles. The number of unbranched alkanes of at least 4 members (excludes halogenated alkanes) is 3. The number of aliphatic hydroxyl groups excluding tert-OH is 3. The van der Waals surface area contributed by atoms with Gasteiger partial charge in [-0.05, 0) is 35.9 Å². The molecule has 4 N–H and O–H groups in total. The van der Waals surface area contributed by atoms with E-state index in [1.54, 1.807) is 0 Å². The predicted molar refractivity (Wildman–Crippen MR) is 133 cm³/mol. The molecule has 0 fully saturated rings. The fraction of sp³-hybridized carbons (Fsp3) is 1.00. The van der Waals surface area contributed by atoms with Crippen LogP contribution in [0.15, 0.2) is 0 Å². The molecule has 186 valence electrons. The van der Waals surface area contributed by atoms with Gasteiger partial charge in [-0.1, -0.05) is 101 Å². The SMILES string of the molecule is CC(C)CO.CC(C)CO.CC(C)CO.CCCC[Si](O)(CCCC)CCCC.[Zr]. The maximum atomic E-state index is 10.5. The van der Waals surface area contributed by atoms with Crippen LogP contribution < -0.4 is 0 Å². The van der Waals surface area contributed by atoms with Crippen LogP contribution in [0.4, 0.5) is 0 Å². The number of rotatable bonds is 12. The van der Waals surface area contributed by atoms with E-state index in [2.05, 4.69) is 20.8 Å². The molecule has 0 atom stereocenters. The molecule has 0 bridgehead atoms. The largest absolute Gasteiger partial charge is 0.432 e. The molecule has 0 unspecified atom stereocenters. The zero-order chi connectivity index (χ0) is 23.7. The van der Waals surface area contributed by atoms with Gasteiger partial charge in [0.2, 0.25) is 0 Å². The Bertz CT molecular complexity index is 237. The standard InChI is InChI=1S/C12H28OSi.3C4H10O.Zr/c1-4-7-10-14(13,11-8-5-2)12-9-6-3;3*1-4(2)3-5;/h13H,4-12H2,1-3H3;3*4-5H,3H2,1-2H3;. The van der Waals surface area contributed by atoms with E-state index in [0.29, 0.717) is 37.6 Å². The summed E-state index contributed by atoms with van der Waals surface area (Å²) in [7, 11) is -1.81. The minimum absolute atomic E-state index is 0. The molecule has 0 radical (unpaired) electrons. The van der Waals surface area contributed by atoms with E-state index in [1.807, 2.05) is 41.5 Å². The van der Waals surface area contributed by atoms with Crippen molar-refractivity contribution in [1.29, 1.82) is 0 Å². The first-order valence-corrected chi connectivity index (χ1v) is 14.6. The number of hydrogen-bond donors (Lipinski definition) is 4. The van der Waals surface area contributed by atoms with E-state index in [9.17, 15) is 4.80 Å². The molecular formula is C24H58O4SiZr. The van der Waals surface area contributed by atoms with Gasteiger partial charge in [0.15, 0.2) is 8.32 Å². The van der Waals surface area contributed by atoms with Crippen molar-refractivity contribution in [3.63, 3.8) is 0 Å². The van der Waals surface area contributed by atoms with Crippen molar-refractivity contribution in [3.05, 3.63) is 0 Å². The average molecular weight is 530 g/mol. The molecule has 30 heavy (non-hydrogen) atoms. The third kappa shape index (κ3) is 46.9. The Labute approximate surface area is 210 Å². The molecule has 0 aromatic rings. The summed E-state index contributed by atoms with van der Waals surface area (Å²) in [5.74, 6) is 1.32. The first-order chi connectivity index (χ1) is 13.5. The summed E-state index contributed by atoms with van der Waals surface area (Å²) in [6.07, 6.45) is 7.39. The Morgan fingerprint density at radius 3 is 0.800 bits per heavy atom. The van der Waals surface area contributed by atoms with Crippen LogP contribution in [0.5, 0.6) is 0 Å². The fourth-order valence-electron chi connectivity index (χ4n) is 1.89. The summed E-state index contributed by atoms with van der Waals surface area (Å²) < 4.78 is 0. The number of aliphatic hydroxyl groups is 3. The van der Waals surface area contributed by atoms with Crippen LogP contribution in [0.1, 0.15) is 101 Å². The summed E-state index contributed by atoms with van der Waals surface area (Å²) in [6.45, 7) is 19.4. The summed E-state index contributed by atoms with van der Waals surface area (Å²) >= 11 is 0. The van der Waals surface area contributed by atoms with Crippen LogP contribution in [-0.4, -0.2) is 48.3 Å². The third-order valence-corrected chi connectivity index (χ3v) is 7.94. The summed E-state index contributed by atoms with van der Waals surface area (Å²) in [5, 5.41) is 24.4. The molecule has 0 saturated heterocycles. The van der Waals surface area contributed by atoms with Crippen LogP contribution in [0, 0.1) is 17.8 Å². The van der Waals surface area contributed by atoms with Gasteiger partial charge in [0.1, 0.15) is 0 Å². The minimum Gasteiger partial charge on any atom is -0.432 e. The van der Waals surface area contributed by atoms with E-state index in [0.717, 1.165) is 18.1 Å². The molecule has 0 spiro atoms. The van der Waals surface area contributed by atoms with E-state index < -0.39 is 8.32 Å². The molecule has 0 heterocycles. The number of hydrogen-bond acceptors (Lipinski definition) is 4. The third-order valence-electron chi connectivity index (χ3n) is 4.08. The Kier molecular flexibility index (Phi) is 44.1. The molecule has 0 rings (SSSR count). The smallest absolute Gasteiger partial charge is 0.188 e. The van der Waals surface area contributed by atoms with Gasteiger partial charge in [-0.3, -0.25) is 0 Å². The molecule has 0 aliphatic rings. The minimum atomic E-state index is -1.81. The summed E-state index contributed by atoms with van der Waals surface area (Å²) in [4.78, 5) is 10.5. The van der Waals surface area contributed by atoms with Crippen molar-refractivity contribution in [2.75, 3.05) is 19.8 Å². The zero-order valence-corrected chi connectivity index (χ0v) is 25.5. The maximum Gasteiger partial charge on any atom is 0.188 e. The Hall–Kier alpha value is 0.940. The molecule has 4 nitrogen and oxygen atoms in total. The van der Waals surface area contributed by atoms with Crippen LogP contribution >= 0.6 is 0 Å². The van der Waals surface area contributed by atoms with E-state index in [1.165, 1.54) is 38.5 Å². The molecular weight excluding hydrogens is 472 g/mol. The molecule has 0 aliphatic carbocycles.